The maximum Gasteiger partial charge on any atom is 0.271 e. The number of alkyl halides is 1. The number of ether oxygens (including phenoxy) is 1. The third-order valence-electron chi connectivity index (χ3n) is 2.27. The van der Waals surface area contributed by atoms with Crippen LogP contribution in [-0.4, -0.2) is 44.2 Å². The Morgan fingerprint density at radius 2 is 2.06 bits per heavy atom. The number of carbonyl (C=O) groups excluding carboxylic acids is 1. The molecular weight excluding hydrogens is 242 g/mol. The fourth-order valence-corrected chi connectivity index (χ4v) is 1.30. The third-order valence-corrected chi connectivity index (χ3v) is 2.44. The summed E-state index contributed by atoms with van der Waals surface area (Å²) >= 11 is 5.50. The van der Waals surface area contributed by atoms with Crippen molar-refractivity contribution in [1.82, 2.24) is 5.06 Å². The highest BCUT2D eigenvalue weighted by Gasteiger charge is 2.06. The Bertz CT molecular complexity index is 222. The van der Waals surface area contributed by atoms with E-state index < -0.39 is 0 Å². The van der Waals surface area contributed by atoms with Gasteiger partial charge in [0.05, 0.1) is 7.11 Å². The number of rotatable bonds is 10. The minimum atomic E-state index is -0.169. The van der Waals surface area contributed by atoms with Gasteiger partial charge in [0, 0.05) is 19.5 Å². The lowest BCUT2D eigenvalue weighted by atomic mass is 10.2. The molecule has 0 rings (SSSR count). The van der Waals surface area contributed by atoms with Crippen LogP contribution >= 0.6 is 11.6 Å². The van der Waals surface area contributed by atoms with E-state index in [2.05, 4.69) is 6.08 Å². The average Bonchev–Trinajstić information content (AvgIpc) is 2.35. The van der Waals surface area contributed by atoms with Crippen LogP contribution in [0.25, 0.3) is 0 Å². The van der Waals surface area contributed by atoms with E-state index in [0.29, 0.717) is 12.5 Å². The van der Waals surface area contributed by atoms with Crippen molar-refractivity contribution in [2.75, 3.05) is 33.3 Å². The molecule has 0 aliphatic carbocycles. The number of hydrogen-bond acceptors (Lipinski definition) is 3. The Morgan fingerprint density at radius 3 is 2.71 bits per heavy atom. The molecule has 0 aliphatic rings. The van der Waals surface area contributed by atoms with Crippen LogP contribution in [0.5, 0.6) is 0 Å². The van der Waals surface area contributed by atoms with Gasteiger partial charge in [0.1, 0.15) is 6.61 Å². The Morgan fingerprint density at radius 1 is 1.29 bits per heavy atom. The summed E-state index contributed by atoms with van der Waals surface area (Å²) in [7, 11) is 3.02. The van der Waals surface area contributed by atoms with E-state index in [0.717, 1.165) is 30.7 Å². The SMILES string of the molecule is CON(C)C(=O)COCCCCC/C=C/CCl. The first kappa shape index (κ1) is 16.4. The first-order valence-electron chi connectivity index (χ1n) is 5.81. The summed E-state index contributed by atoms with van der Waals surface area (Å²) in [5, 5.41) is 1.16. The summed E-state index contributed by atoms with van der Waals surface area (Å²) in [5.41, 5.74) is 0. The largest absolute Gasteiger partial charge is 0.372 e. The number of halogens is 1. The van der Waals surface area contributed by atoms with Gasteiger partial charge in [-0.15, -0.1) is 11.6 Å². The summed E-state index contributed by atoms with van der Waals surface area (Å²) in [5.74, 6) is 0.413. The van der Waals surface area contributed by atoms with Crippen molar-refractivity contribution in [2.24, 2.45) is 0 Å². The second-order valence-corrected chi connectivity index (χ2v) is 3.91. The fraction of sp³-hybridized carbons (Fsp3) is 0.750. The zero-order valence-corrected chi connectivity index (χ0v) is 11.4. The number of hydroxylamine groups is 2. The lowest BCUT2D eigenvalue weighted by Gasteiger charge is -2.13. The molecule has 0 unspecified atom stereocenters. The van der Waals surface area contributed by atoms with Crippen LogP contribution in [0.2, 0.25) is 0 Å². The van der Waals surface area contributed by atoms with Crippen molar-refractivity contribution in [3.63, 3.8) is 0 Å². The van der Waals surface area contributed by atoms with E-state index in [-0.39, 0.29) is 12.5 Å². The number of hydrogen-bond donors (Lipinski definition) is 0. The molecule has 0 fully saturated rings. The second kappa shape index (κ2) is 11.9. The van der Waals surface area contributed by atoms with Gasteiger partial charge in [-0.25, -0.2) is 5.06 Å². The normalized spacial score (nSPS) is 11.0. The zero-order chi connectivity index (χ0) is 12.9. The van der Waals surface area contributed by atoms with Crippen molar-refractivity contribution in [2.45, 2.75) is 25.7 Å². The molecule has 0 aliphatic heterocycles. The highest BCUT2D eigenvalue weighted by molar-refractivity contribution is 6.18. The topological polar surface area (TPSA) is 38.8 Å². The van der Waals surface area contributed by atoms with Crippen LogP contribution < -0.4 is 0 Å². The molecule has 0 aromatic carbocycles. The van der Waals surface area contributed by atoms with Crippen molar-refractivity contribution in [1.29, 1.82) is 0 Å². The van der Waals surface area contributed by atoms with Crippen LogP contribution in [0.3, 0.4) is 0 Å². The first-order chi connectivity index (χ1) is 8.22. The highest BCUT2D eigenvalue weighted by Crippen LogP contribution is 2.01. The van der Waals surface area contributed by atoms with Crippen LogP contribution in [0.4, 0.5) is 0 Å². The van der Waals surface area contributed by atoms with Gasteiger partial charge >= 0.3 is 0 Å². The van der Waals surface area contributed by atoms with E-state index in [4.69, 9.17) is 21.2 Å². The van der Waals surface area contributed by atoms with E-state index in [1.165, 1.54) is 7.11 Å². The molecular formula is C12H22ClNO3. The number of likely N-dealkylation sites (N-methyl/N-ethyl adjacent to an activating group) is 1. The molecule has 5 heteroatoms. The summed E-state index contributed by atoms with van der Waals surface area (Å²) in [4.78, 5) is 16.0. The van der Waals surface area contributed by atoms with Gasteiger partial charge in [0.25, 0.3) is 5.91 Å². The maximum absolute atomic E-state index is 11.2. The molecule has 0 spiro atoms. The minimum absolute atomic E-state index is 0.0799. The molecule has 17 heavy (non-hydrogen) atoms. The van der Waals surface area contributed by atoms with Crippen LogP contribution in [0.15, 0.2) is 12.2 Å². The molecule has 0 radical (unpaired) electrons. The van der Waals surface area contributed by atoms with Gasteiger partial charge in [-0.2, -0.15) is 0 Å². The van der Waals surface area contributed by atoms with Gasteiger partial charge in [0.15, 0.2) is 0 Å². The van der Waals surface area contributed by atoms with Crippen molar-refractivity contribution >= 4 is 17.5 Å². The summed E-state index contributed by atoms with van der Waals surface area (Å²) in [6, 6.07) is 0. The molecule has 100 valence electrons. The lowest BCUT2D eigenvalue weighted by molar-refractivity contribution is -0.173. The zero-order valence-electron chi connectivity index (χ0n) is 10.7. The minimum Gasteiger partial charge on any atom is -0.372 e. The first-order valence-corrected chi connectivity index (χ1v) is 6.35. The van der Waals surface area contributed by atoms with Crippen LogP contribution in [0, 0.1) is 0 Å². The van der Waals surface area contributed by atoms with Crippen LogP contribution in [-0.2, 0) is 14.4 Å². The molecule has 4 nitrogen and oxygen atoms in total. The Hall–Kier alpha value is -0.580. The molecule has 0 aromatic rings. The molecule has 0 heterocycles. The summed E-state index contributed by atoms with van der Waals surface area (Å²) in [6.45, 7) is 0.693. The summed E-state index contributed by atoms with van der Waals surface area (Å²) < 4.78 is 5.24. The quantitative estimate of drug-likeness (QED) is 0.263. The standard InChI is InChI=1S/C12H22ClNO3/c1-14(16-2)12(15)11-17-10-8-6-4-3-5-7-9-13/h5,7H,3-4,6,8-11H2,1-2H3/b7-5+. The predicted octanol–water partition coefficient (Wildman–Crippen LogP) is 2.38. The average molecular weight is 264 g/mol. The Labute approximate surface area is 108 Å². The maximum atomic E-state index is 11.2. The number of amides is 1. The van der Waals surface area contributed by atoms with Crippen molar-refractivity contribution in [3.8, 4) is 0 Å². The number of carbonyl (C=O) groups is 1. The van der Waals surface area contributed by atoms with Gasteiger partial charge in [-0.1, -0.05) is 18.6 Å². The van der Waals surface area contributed by atoms with Gasteiger partial charge in [-0.05, 0) is 19.3 Å². The molecule has 0 saturated heterocycles. The molecule has 0 atom stereocenters. The predicted molar refractivity (Wildman–Crippen MR) is 68.9 cm³/mol. The molecule has 1 amide bonds. The molecule has 0 aromatic heterocycles. The number of unbranched alkanes of at least 4 members (excludes halogenated alkanes) is 3. The highest BCUT2D eigenvalue weighted by atomic mass is 35.5. The molecule has 0 bridgehead atoms. The van der Waals surface area contributed by atoms with Gasteiger partial charge < -0.3 is 4.74 Å². The fourth-order valence-electron chi connectivity index (χ4n) is 1.18. The summed E-state index contributed by atoms with van der Waals surface area (Å²) in [6.07, 6.45) is 8.29. The molecule has 0 N–H and O–H groups in total. The van der Waals surface area contributed by atoms with E-state index in [1.807, 2.05) is 6.08 Å². The smallest absolute Gasteiger partial charge is 0.271 e. The lowest BCUT2D eigenvalue weighted by Crippen LogP contribution is -2.29. The monoisotopic (exact) mass is 263 g/mol. The third kappa shape index (κ3) is 10.3. The van der Waals surface area contributed by atoms with Gasteiger partial charge in [0.2, 0.25) is 0 Å². The Balaban J connectivity index is 3.24. The van der Waals surface area contributed by atoms with Crippen molar-refractivity contribution < 1.29 is 14.4 Å². The van der Waals surface area contributed by atoms with Crippen LogP contribution in [0.1, 0.15) is 25.7 Å². The Kier molecular flexibility index (Phi) is 11.5. The second-order valence-electron chi connectivity index (χ2n) is 3.60. The van der Waals surface area contributed by atoms with E-state index in [9.17, 15) is 4.79 Å². The van der Waals surface area contributed by atoms with Gasteiger partial charge in [-0.3, -0.25) is 9.63 Å². The van der Waals surface area contributed by atoms with E-state index in [1.54, 1.807) is 7.05 Å². The van der Waals surface area contributed by atoms with E-state index >= 15 is 0 Å². The number of allylic oxidation sites excluding steroid dienone is 2. The van der Waals surface area contributed by atoms with Crippen molar-refractivity contribution in [3.05, 3.63) is 12.2 Å². The number of nitrogens with zero attached hydrogens (tertiary/aromatic N) is 1. The molecule has 0 saturated carbocycles.